The van der Waals surface area contributed by atoms with Gasteiger partial charge in [0.2, 0.25) is 0 Å². The van der Waals surface area contributed by atoms with Gasteiger partial charge in [0, 0.05) is 19.6 Å². The largest absolute Gasteiger partial charge is 0.497 e. The van der Waals surface area contributed by atoms with Gasteiger partial charge < -0.3 is 19.7 Å². The van der Waals surface area contributed by atoms with Crippen LogP contribution in [0.4, 0.5) is 4.79 Å². The van der Waals surface area contributed by atoms with E-state index in [1.807, 2.05) is 37.8 Å². The lowest BCUT2D eigenvalue weighted by Crippen LogP contribution is -2.42. The minimum atomic E-state index is -0.417. The summed E-state index contributed by atoms with van der Waals surface area (Å²) in [5.41, 5.74) is 0.857. The number of ether oxygens (including phenoxy) is 2. The SMILES string of the molecule is COc1ccc(CNCCCCC2CCCN(C(=O)OC(C)(C)C)C2)cc1. The maximum absolute atomic E-state index is 12.2. The Kier molecular flexibility index (Phi) is 8.42. The van der Waals surface area contributed by atoms with Gasteiger partial charge in [0.1, 0.15) is 11.4 Å². The van der Waals surface area contributed by atoms with Crippen LogP contribution in [0.15, 0.2) is 24.3 Å². The fourth-order valence-electron chi connectivity index (χ4n) is 3.45. The summed E-state index contributed by atoms with van der Waals surface area (Å²) >= 11 is 0. The molecule has 1 saturated heterocycles. The minimum Gasteiger partial charge on any atom is -0.497 e. The molecule has 0 radical (unpaired) electrons. The minimum absolute atomic E-state index is 0.159. The number of carbonyl (C=O) groups is 1. The molecule has 5 heteroatoms. The van der Waals surface area contributed by atoms with Crippen LogP contribution < -0.4 is 10.1 Å². The average Bonchev–Trinajstić information content (AvgIpc) is 2.64. The Hall–Kier alpha value is -1.75. The van der Waals surface area contributed by atoms with Crippen LogP contribution in [0.2, 0.25) is 0 Å². The maximum atomic E-state index is 12.2. The second-order valence-corrected chi connectivity index (χ2v) is 8.46. The van der Waals surface area contributed by atoms with Gasteiger partial charge in [0.05, 0.1) is 7.11 Å². The van der Waals surface area contributed by atoms with Gasteiger partial charge in [-0.05, 0) is 76.6 Å². The van der Waals surface area contributed by atoms with E-state index in [2.05, 4.69) is 17.4 Å². The molecule has 1 aliphatic heterocycles. The van der Waals surface area contributed by atoms with E-state index in [-0.39, 0.29) is 6.09 Å². The number of unbranched alkanes of at least 4 members (excludes halogenated alkanes) is 1. The van der Waals surface area contributed by atoms with Crippen molar-refractivity contribution >= 4 is 6.09 Å². The summed E-state index contributed by atoms with van der Waals surface area (Å²) < 4.78 is 10.7. The number of hydrogen-bond acceptors (Lipinski definition) is 4. The van der Waals surface area contributed by atoms with E-state index in [1.54, 1.807) is 7.11 Å². The Morgan fingerprint density at radius 3 is 2.63 bits per heavy atom. The lowest BCUT2D eigenvalue weighted by molar-refractivity contribution is 0.0160. The fourth-order valence-corrected chi connectivity index (χ4v) is 3.45. The van der Waals surface area contributed by atoms with Crippen LogP contribution >= 0.6 is 0 Å². The standard InChI is InChI=1S/C22H36N2O3/c1-22(2,3)27-21(25)24-15-7-9-19(17-24)8-5-6-14-23-16-18-10-12-20(26-4)13-11-18/h10-13,19,23H,5-9,14-17H2,1-4H3. The van der Waals surface area contributed by atoms with Crippen molar-refractivity contribution in [2.75, 3.05) is 26.7 Å². The zero-order valence-electron chi connectivity index (χ0n) is 17.4. The normalized spacial score (nSPS) is 17.6. The van der Waals surface area contributed by atoms with Crippen molar-refractivity contribution in [3.8, 4) is 5.75 Å². The predicted molar refractivity (Wildman–Crippen MR) is 109 cm³/mol. The van der Waals surface area contributed by atoms with Crippen LogP contribution in [0.3, 0.4) is 0 Å². The zero-order chi connectivity index (χ0) is 19.7. The summed E-state index contributed by atoms with van der Waals surface area (Å²) in [5, 5.41) is 3.50. The monoisotopic (exact) mass is 376 g/mol. The van der Waals surface area contributed by atoms with Gasteiger partial charge in [-0.25, -0.2) is 4.79 Å². The quantitative estimate of drug-likeness (QED) is 0.674. The van der Waals surface area contributed by atoms with Gasteiger partial charge in [-0.2, -0.15) is 0 Å². The van der Waals surface area contributed by atoms with Crippen LogP contribution in [-0.2, 0) is 11.3 Å². The first-order chi connectivity index (χ1) is 12.9. The second-order valence-electron chi connectivity index (χ2n) is 8.46. The molecule has 0 aliphatic carbocycles. The molecule has 1 aromatic rings. The van der Waals surface area contributed by atoms with E-state index < -0.39 is 5.60 Å². The summed E-state index contributed by atoms with van der Waals surface area (Å²) in [4.78, 5) is 14.1. The molecule has 1 fully saturated rings. The highest BCUT2D eigenvalue weighted by molar-refractivity contribution is 5.68. The summed E-state index contributed by atoms with van der Waals surface area (Å²) in [6, 6.07) is 8.19. The summed E-state index contributed by atoms with van der Waals surface area (Å²) in [6.07, 6.45) is 5.69. The molecule has 0 aromatic heterocycles. The van der Waals surface area contributed by atoms with Crippen LogP contribution in [0.5, 0.6) is 5.75 Å². The lowest BCUT2D eigenvalue weighted by atomic mass is 9.93. The number of amides is 1. The van der Waals surface area contributed by atoms with E-state index >= 15 is 0 Å². The predicted octanol–water partition coefficient (Wildman–Crippen LogP) is 4.60. The smallest absolute Gasteiger partial charge is 0.410 e. The lowest BCUT2D eigenvalue weighted by Gasteiger charge is -2.34. The molecular weight excluding hydrogens is 340 g/mol. The Bertz CT molecular complexity index is 566. The third kappa shape index (κ3) is 8.21. The first-order valence-electron chi connectivity index (χ1n) is 10.2. The number of likely N-dealkylation sites (tertiary alicyclic amines) is 1. The van der Waals surface area contributed by atoms with Crippen molar-refractivity contribution in [1.29, 1.82) is 0 Å². The molecule has 1 N–H and O–H groups in total. The molecule has 1 amide bonds. The Labute approximate surface area is 164 Å². The van der Waals surface area contributed by atoms with Gasteiger partial charge >= 0.3 is 6.09 Å². The van der Waals surface area contributed by atoms with Crippen molar-refractivity contribution in [2.45, 2.75) is 65.0 Å². The van der Waals surface area contributed by atoms with Crippen molar-refractivity contribution in [2.24, 2.45) is 5.92 Å². The molecule has 5 nitrogen and oxygen atoms in total. The van der Waals surface area contributed by atoms with Gasteiger partial charge in [-0.1, -0.05) is 18.6 Å². The highest BCUT2D eigenvalue weighted by atomic mass is 16.6. The number of piperidine rings is 1. The first-order valence-corrected chi connectivity index (χ1v) is 10.2. The number of rotatable bonds is 8. The number of benzene rings is 1. The third-order valence-electron chi connectivity index (χ3n) is 4.87. The van der Waals surface area contributed by atoms with Gasteiger partial charge in [-0.3, -0.25) is 0 Å². The molecule has 1 unspecified atom stereocenters. The van der Waals surface area contributed by atoms with Gasteiger partial charge in [0.25, 0.3) is 0 Å². The molecule has 2 rings (SSSR count). The Morgan fingerprint density at radius 1 is 1.22 bits per heavy atom. The molecule has 27 heavy (non-hydrogen) atoms. The Morgan fingerprint density at radius 2 is 1.96 bits per heavy atom. The molecule has 0 bridgehead atoms. The van der Waals surface area contributed by atoms with Crippen molar-refractivity contribution in [3.63, 3.8) is 0 Å². The Balaban J connectivity index is 1.58. The summed E-state index contributed by atoms with van der Waals surface area (Å²) in [6.45, 7) is 9.35. The highest BCUT2D eigenvalue weighted by Crippen LogP contribution is 2.23. The van der Waals surface area contributed by atoms with Crippen molar-refractivity contribution in [3.05, 3.63) is 29.8 Å². The number of hydrogen-bond donors (Lipinski definition) is 1. The topological polar surface area (TPSA) is 50.8 Å². The van der Waals surface area contributed by atoms with Crippen LogP contribution in [0.25, 0.3) is 0 Å². The van der Waals surface area contributed by atoms with Crippen LogP contribution in [0.1, 0.15) is 58.4 Å². The van der Waals surface area contributed by atoms with Crippen LogP contribution in [-0.4, -0.2) is 43.3 Å². The van der Waals surface area contributed by atoms with Crippen molar-refractivity contribution in [1.82, 2.24) is 10.2 Å². The average molecular weight is 377 g/mol. The molecular formula is C22H36N2O3. The van der Waals surface area contributed by atoms with E-state index in [0.717, 1.165) is 38.3 Å². The summed E-state index contributed by atoms with van der Waals surface area (Å²) in [7, 11) is 1.69. The van der Waals surface area contributed by atoms with Crippen LogP contribution in [0, 0.1) is 5.92 Å². The van der Waals surface area contributed by atoms with E-state index in [1.165, 1.54) is 31.2 Å². The van der Waals surface area contributed by atoms with Crippen molar-refractivity contribution < 1.29 is 14.3 Å². The van der Waals surface area contributed by atoms with E-state index in [4.69, 9.17) is 9.47 Å². The van der Waals surface area contributed by atoms with E-state index in [0.29, 0.717) is 5.92 Å². The molecule has 1 aliphatic rings. The van der Waals surface area contributed by atoms with Gasteiger partial charge in [0.15, 0.2) is 0 Å². The number of methoxy groups -OCH3 is 1. The number of nitrogens with zero attached hydrogens (tertiary/aromatic N) is 1. The molecule has 1 heterocycles. The first kappa shape index (κ1) is 21.5. The second kappa shape index (κ2) is 10.5. The van der Waals surface area contributed by atoms with E-state index in [9.17, 15) is 4.79 Å². The highest BCUT2D eigenvalue weighted by Gasteiger charge is 2.27. The molecule has 1 atom stereocenters. The number of carbonyl (C=O) groups excluding carboxylic acids is 1. The van der Waals surface area contributed by atoms with Gasteiger partial charge in [-0.15, -0.1) is 0 Å². The summed E-state index contributed by atoms with van der Waals surface area (Å²) in [5.74, 6) is 1.50. The number of nitrogens with one attached hydrogen (secondary N) is 1. The zero-order valence-corrected chi connectivity index (χ0v) is 17.4. The molecule has 0 spiro atoms. The third-order valence-corrected chi connectivity index (χ3v) is 4.87. The molecule has 0 saturated carbocycles. The maximum Gasteiger partial charge on any atom is 0.410 e. The fraction of sp³-hybridized carbons (Fsp3) is 0.682. The molecule has 1 aromatic carbocycles. The molecule has 152 valence electrons.